The fourth-order valence-corrected chi connectivity index (χ4v) is 9.46. The Labute approximate surface area is 314 Å². The van der Waals surface area contributed by atoms with Crippen molar-refractivity contribution in [2.24, 2.45) is 0 Å². The lowest BCUT2D eigenvalue weighted by molar-refractivity contribution is 1.21. The van der Waals surface area contributed by atoms with Crippen LogP contribution in [0.15, 0.2) is 176 Å². The SMILES string of the molecule is [2H]c1c([2H])c2c([2H])c([2H])c3c(-c4ccc5c(c4)c4sc6ccccc6c4n5-c4cccc5ccccc45)c([2H])c([2H])c4c([2H])c([2H])c(c1-c1ccc5ccccc5c1)c2c43. The maximum absolute atomic E-state index is 9.57. The van der Waals surface area contributed by atoms with Crippen LogP contribution < -0.4 is 0 Å². The molecule has 10 aromatic carbocycles. The van der Waals surface area contributed by atoms with Gasteiger partial charge in [-0.2, -0.15) is 0 Å². The molecule has 0 spiro atoms. The van der Waals surface area contributed by atoms with Crippen molar-refractivity contribution in [3.8, 4) is 27.9 Å². The van der Waals surface area contributed by atoms with Crippen molar-refractivity contribution in [1.29, 1.82) is 0 Å². The highest BCUT2D eigenvalue weighted by molar-refractivity contribution is 7.26. The maximum Gasteiger partial charge on any atom is 0.0727 e. The van der Waals surface area contributed by atoms with E-state index in [2.05, 4.69) is 47.0 Å². The number of fused-ring (bicyclic) bond motifs is 7. The predicted octanol–water partition coefficient (Wildman–Crippen LogP) is 14.5. The largest absolute Gasteiger partial charge is 0.307 e. The van der Waals surface area contributed by atoms with Crippen molar-refractivity contribution in [2.75, 3.05) is 0 Å². The monoisotopic (exact) mass is 683 g/mol. The average Bonchev–Trinajstić information content (AvgIpc) is 3.80. The smallest absolute Gasteiger partial charge is 0.0727 e. The Bertz CT molecular complexity index is 3880. The third-order valence-electron chi connectivity index (χ3n) is 10.6. The Balaban J connectivity index is 1.22. The molecule has 0 radical (unpaired) electrons. The lowest BCUT2D eigenvalue weighted by Crippen LogP contribution is -1.95. The summed E-state index contributed by atoms with van der Waals surface area (Å²) in [5.74, 6) is 0. The van der Waals surface area contributed by atoms with Crippen molar-refractivity contribution in [3.05, 3.63) is 176 Å². The summed E-state index contributed by atoms with van der Waals surface area (Å²) < 4.78 is 79.9. The van der Waals surface area contributed by atoms with E-state index >= 15 is 0 Å². The highest BCUT2D eigenvalue weighted by Gasteiger charge is 2.21. The lowest BCUT2D eigenvalue weighted by atomic mass is 9.87. The van der Waals surface area contributed by atoms with Crippen LogP contribution in [0.3, 0.4) is 0 Å². The molecule has 240 valence electrons. The van der Waals surface area contributed by atoms with Gasteiger partial charge in [-0.05, 0) is 101 Å². The molecule has 0 aliphatic carbocycles. The number of nitrogens with zero attached hydrogens (tertiary/aromatic N) is 1. The topological polar surface area (TPSA) is 4.93 Å². The van der Waals surface area contributed by atoms with Gasteiger partial charge in [0.25, 0.3) is 0 Å². The number of aromatic nitrogens is 1. The summed E-state index contributed by atoms with van der Waals surface area (Å²) in [7, 11) is 0. The Morgan fingerprint density at radius 3 is 1.83 bits per heavy atom. The first-order valence-corrected chi connectivity index (χ1v) is 18.1. The van der Waals surface area contributed by atoms with Gasteiger partial charge in [0.2, 0.25) is 0 Å². The molecule has 0 fully saturated rings. The van der Waals surface area contributed by atoms with E-state index in [9.17, 15) is 11.0 Å². The summed E-state index contributed by atoms with van der Waals surface area (Å²) in [5.41, 5.74) is 4.81. The number of hydrogen-bond acceptors (Lipinski definition) is 1. The Morgan fingerprint density at radius 2 is 1.04 bits per heavy atom. The van der Waals surface area contributed by atoms with E-state index in [0.29, 0.717) is 27.5 Å². The van der Waals surface area contributed by atoms with Crippen LogP contribution in [0.4, 0.5) is 0 Å². The van der Waals surface area contributed by atoms with Gasteiger partial charge in [-0.3, -0.25) is 0 Å². The molecule has 2 aromatic heterocycles. The molecule has 2 heteroatoms. The van der Waals surface area contributed by atoms with Crippen LogP contribution >= 0.6 is 11.3 Å². The zero-order valence-corrected chi connectivity index (χ0v) is 28.3. The fourth-order valence-electron chi connectivity index (χ4n) is 8.24. The minimum Gasteiger partial charge on any atom is -0.307 e. The van der Waals surface area contributed by atoms with Crippen LogP contribution in [0.25, 0.3) is 113 Å². The molecule has 0 N–H and O–H groups in total. The first-order chi connectivity index (χ1) is 29.1. The van der Waals surface area contributed by atoms with E-state index in [1.807, 2.05) is 84.9 Å². The van der Waals surface area contributed by atoms with Crippen LogP contribution in [-0.4, -0.2) is 4.57 Å². The van der Waals surface area contributed by atoms with Gasteiger partial charge < -0.3 is 4.57 Å². The molecule has 0 bridgehead atoms. The van der Waals surface area contributed by atoms with Crippen LogP contribution in [0.2, 0.25) is 0 Å². The molecule has 0 aliphatic heterocycles. The third kappa shape index (κ3) is 3.87. The number of benzene rings is 10. The second-order valence-electron chi connectivity index (χ2n) is 13.4. The van der Waals surface area contributed by atoms with Gasteiger partial charge in [-0.1, -0.05) is 145 Å². The summed E-state index contributed by atoms with van der Waals surface area (Å²) in [6.07, 6.45) is 0. The molecule has 12 rings (SSSR count). The average molecular weight is 684 g/mol. The normalized spacial score (nSPS) is 14.4. The van der Waals surface area contributed by atoms with E-state index in [0.717, 1.165) is 58.4 Å². The number of thiophene rings is 1. The molecular formula is C50H29NS. The lowest BCUT2D eigenvalue weighted by Gasteiger charge is -2.17. The van der Waals surface area contributed by atoms with Crippen LogP contribution in [0.5, 0.6) is 0 Å². The molecule has 1 nitrogen and oxygen atoms in total. The van der Waals surface area contributed by atoms with E-state index in [1.54, 1.807) is 11.3 Å². The summed E-state index contributed by atoms with van der Waals surface area (Å²) in [5, 5.41) is 7.30. The maximum atomic E-state index is 9.57. The van der Waals surface area contributed by atoms with Crippen molar-refractivity contribution >= 4 is 96.4 Å². The Hall–Kier alpha value is -6.48. The summed E-state index contributed by atoms with van der Waals surface area (Å²) in [4.78, 5) is 0. The Morgan fingerprint density at radius 1 is 0.423 bits per heavy atom. The quantitative estimate of drug-likeness (QED) is 0.163. The highest BCUT2D eigenvalue weighted by atomic mass is 32.1. The number of rotatable bonds is 3. The minimum atomic E-state index is -0.289. The van der Waals surface area contributed by atoms with E-state index in [1.165, 1.54) is 0 Å². The first kappa shape index (κ1) is 21.7. The molecule has 52 heavy (non-hydrogen) atoms. The van der Waals surface area contributed by atoms with Crippen LogP contribution in [0.1, 0.15) is 11.0 Å². The summed E-state index contributed by atoms with van der Waals surface area (Å²) in [6, 6.07) is 40.5. The summed E-state index contributed by atoms with van der Waals surface area (Å²) >= 11 is 1.69. The molecule has 0 saturated carbocycles. The number of hydrogen-bond donors (Lipinski definition) is 0. The van der Waals surface area contributed by atoms with Crippen LogP contribution in [0, 0.1) is 0 Å². The fraction of sp³-hybridized carbons (Fsp3) is 0. The van der Waals surface area contributed by atoms with Gasteiger partial charge in [0.1, 0.15) is 0 Å². The highest BCUT2D eigenvalue weighted by Crippen LogP contribution is 2.46. The van der Waals surface area contributed by atoms with Gasteiger partial charge in [0.05, 0.1) is 32.4 Å². The van der Waals surface area contributed by atoms with E-state index in [-0.39, 0.29) is 75.4 Å². The van der Waals surface area contributed by atoms with Crippen LogP contribution in [-0.2, 0) is 0 Å². The van der Waals surface area contributed by atoms with Gasteiger partial charge >= 0.3 is 0 Å². The van der Waals surface area contributed by atoms with Gasteiger partial charge in [-0.15, -0.1) is 11.3 Å². The van der Waals surface area contributed by atoms with Crippen molar-refractivity contribution in [2.45, 2.75) is 0 Å². The van der Waals surface area contributed by atoms with Crippen molar-refractivity contribution in [1.82, 2.24) is 4.57 Å². The second kappa shape index (κ2) is 10.5. The second-order valence-corrected chi connectivity index (χ2v) is 14.5. The van der Waals surface area contributed by atoms with Gasteiger partial charge in [0.15, 0.2) is 0 Å². The standard InChI is InChI=1S/C50H29NS/c1-2-10-34-28-35(17-16-30(34)8-1)37-23-18-32-21-26-41-38(24-19-33-20-25-40(37)47(32)48(33)41)36-22-27-45-43(29-36)50-49(42-13-5-6-15-46(42)52-50)51(45)44-14-7-11-31-9-3-4-12-39(31)44/h1-29H/i18D,19D,20D,21D,23D,24D,25D,26D. The zero-order chi connectivity index (χ0) is 40.9. The molecule has 12 aromatic rings. The minimum absolute atomic E-state index is 0.0337. The van der Waals surface area contributed by atoms with E-state index < -0.39 is 0 Å². The van der Waals surface area contributed by atoms with Gasteiger partial charge in [-0.25, -0.2) is 0 Å². The third-order valence-corrected chi connectivity index (χ3v) is 11.8. The Kier molecular flexibility index (Phi) is 4.39. The summed E-state index contributed by atoms with van der Waals surface area (Å²) in [6.45, 7) is 0. The molecule has 0 saturated heterocycles. The zero-order valence-electron chi connectivity index (χ0n) is 35.5. The van der Waals surface area contributed by atoms with Crippen molar-refractivity contribution < 1.29 is 11.0 Å². The first-order valence-electron chi connectivity index (χ1n) is 21.3. The molecule has 0 aliphatic rings. The van der Waals surface area contributed by atoms with E-state index in [4.69, 9.17) is 0 Å². The molecule has 0 atom stereocenters. The predicted molar refractivity (Wildman–Crippen MR) is 226 cm³/mol. The van der Waals surface area contributed by atoms with Gasteiger partial charge in [0, 0.05) is 20.9 Å². The molecule has 0 unspecified atom stereocenters. The van der Waals surface area contributed by atoms with Crippen molar-refractivity contribution in [3.63, 3.8) is 0 Å². The molecular weight excluding hydrogens is 647 g/mol. The molecule has 2 heterocycles. The molecule has 0 amide bonds.